The highest BCUT2D eigenvalue weighted by Gasteiger charge is 2.31. The number of carbonyl (C=O) groups excluding carboxylic acids is 1. The van der Waals surface area contributed by atoms with E-state index in [9.17, 15) is 9.59 Å². The number of thioether (sulfide) groups is 1. The van der Waals surface area contributed by atoms with E-state index >= 15 is 0 Å². The number of aromatic nitrogens is 2. The van der Waals surface area contributed by atoms with Crippen molar-refractivity contribution in [3.8, 4) is 11.3 Å². The van der Waals surface area contributed by atoms with E-state index in [4.69, 9.17) is 17.3 Å². The minimum Gasteiger partial charge on any atom is -0.481 e. The van der Waals surface area contributed by atoms with Crippen LogP contribution in [0.1, 0.15) is 18.4 Å². The van der Waals surface area contributed by atoms with E-state index in [0.717, 1.165) is 16.8 Å². The van der Waals surface area contributed by atoms with Crippen molar-refractivity contribution in [2.45, 2.75) is 12.8 Å². The quantitative estimate of drug-likeness (QED) is 0.598. The largest absolute Gasteiger partial charge is 0.481 e. The summed E-state index contributed by atoms with van der Waals surface area (Å²) in [5, 5.41) is 14.6. The lowest BCUT2D eigenvalue weighted by Crippen LogP contribution is -2.29. The summed E-state index contributed by atoms with van der Waals surface area (Å²) < 4.78 is 4.31. The maximum Gasteiger partial charge on any atom is 0.303 e. The van der Waals surface area contributed by atoms with Crippen molar-refractivity contribution in [2.75, 3.05) is 6.54 Å². The number of hydrogen-bond acceptors (Lipinski definition) is 7. The molecule has 0 bridgehead atoms. The van der Waals surface area contributed by atoms with Crippen LogP contribution in [-0.4, -0.2) is 42.3 Å². The second-order valence-electron chi connectivity index (χ2n) is 5.24. The number of aliphatic carboxylic acids is 1. The first-order chi connectivity index (χ1) is 12.0. The van der Waals surface area contributed by atoms with Gasteiger partial charge in [0.1, 0.15) is 10.0 Å². The van der Waals surface area contributed by atoms with Crippen LogP contribution in [0.25, 0.3) is 17.3 Å². The van der Waals surface area contributed by atoms with E-state index < -0.39 is 5.97 Å². The van der Waals surface area contributed by atoms with Gasteiger partial charge in [-0.3, -0.25) is 14.5 Å². The number of carboxylic acid groups (broad SMARTS) is 1. The molecule has 3 rings (SSSR count). The Morgan fingerprint density at radius 1 is 1.32 bits per heavy atom. The standard InChI is InChI=1S/C16H13N3O3S3/c20-14(21)2-1-7-19-15(22)13(25-16(19)23)8-10-3-5-11(6-4-10)12-9-24-18-17-12/h3-6,8-9H,1-2,7H2,(H,20,21)/b13-8+. The maximum atomic E-state index is 12.4. The van der Waals surface area contributed by atoms with Crippen LogP contribution in [0.3, 0.4) is 0 Å². The van der Waals surface area contributed by atoms with Crippen molar-refractivity contribution in [1.29, 1.82) is 0 Å². The highest BCUT2D eigenvalue weighted by atomic mass is 32.2. The normalized spacial score (nSPS) is 16.0. The molecule has 128 valence electrons. The molecule has 0 saturated carbocycles. The molecule has 1 N–H and O–H groups in total. The summed E-state index contributed by atoms with van der Waals surface area (Å²) in [5.74, 6) is -1.05. The van der Waals surface area contributed by atoms with E-state index in [0.29, 0.717) is 22.2 Å². The van der Waals surface area contributed by atoms with Gasteiger partial charge in [-0.1, -0.05) is 52.7 Å². The van der Waals surface area contributed by atoms with Gasteiger partial charge in [-0.05, 0) is 29.6 Å². The molecule has 1 aromatic carbocycles. The van der Waals surface area contributed by atoms with Crippen molar-refractivity contribution >= 4 is 57.8 Å². The lowest BCUT2D eigenvalue weighted by atomic mass is 10.1. The summed E-state index contributed by atoms with van der Waals surface area (Å²) in [4.78, 5) is 25.0. The molecule has 0 radical (unpaired) electrons. The highest BCUT2D eigenvalue weighted by Crippen LogP contribution is 2.33. The third-order valence-corrected chi connectivity index (χ3v) is 5.39. The molecule has 6 nitrogen and oxygen atoms in total. The lowest BCUT2D eigenvalue weighted by Gasteiger charge is -2.13. The average molecular weight is 391 g/mol. The zero-order chi connectivity index (χ0) is 17.8. The van der Waals surface area contributed by atoms with Crippen LogP contribution < -0.4 is 0 Å². The third-order valence-electron chi connectivity index (χ3n) is 3.51. The number of amides is 1. The smallest absolute Gasteiger partial charge is 0.303 e. The fraction of sp³-hybridized carbons (Fsp3) is 0.188. The predicted octanol–water partition coefficient (Wildman–Crippen LogP) is 3.27. The Bertz CT molecular complexity index is 832. The SMILES string of the molecule is O=C(O)CCCN1C(=O)/C(=C\c2ccc(-c3csnn3)cc2)SC1=S. The Labute approximate surface area is 157 Å². The molecule has 2 aromatic rings. The van der Waals surface area contributed by atoms with Gasteiger partial charge in [-0.2, -0.15) is 0 Å². The van der Waals surface area contributed by atoms with Crippen LogP contribution in [0.2, 0.25) is 0 Å². The number of hydrogen-bond donors (Lipinski definition) is 1. The third kappa shape index (κ3) is 4.30. The van der Waals surface area contributed by atoms with E-state index in [1.54, 1.807) is 6.08 Å². The fourth-order valence-corrected chi connectivity index (χ4v) is 4.05. The van der Waals surface area contributed by atoms with Crippen LogP contribution in [0.15, 0.2) is 34.6 Å². The number of nitrogens with zero attached hydrogens (tertiary/aromatic N) is 3. The second-order valence-corrected chi connectivity index (χ2v) is 7.53. The number of carboxylic acids is 1. The van der Waals surface area contributed by atoms with E-state index in [-0.39, 0.29) is 12.3 Å². The van der Waals surface area contributed by atoms with Crippen LogP contribution in [0.5, 0.6) is 0 Å². The van der Waals surface area contributed by atoms with Gasteiger partial charge in [0.15, 0.2) is 0 Å². The number of thiocarbonyl (C=S) groups is 1. The van der Waals surface area contributed by atoms with Crippen LogP contribution in [-0.2, 0) is 9.59 Å². The molecular formula is C16H13N3O3S3. The average Bonchev–Trinajstić information content (AvgIpc) is 3.20. The molecule has 1 aliphatic heterocycles. The minimum atomic E-state index is -0.878. The zero-order valence-corrected chi connectivity index (χ0v) is 15.4. The summed E-state index contributed by atoms with van der Waals surface area (Å²) >= 11 is 7.76. The van der Waals surface area contributed by atoms with Gasteiger partial charge in [0.05, 0.1) is 4.91 Å². The van der Waals surface area contributed by atoms with E-state index in [2.05, 4.69) is 9.59 Å². The van der Waals surface area contributed by atoms with E-state index in [1.165, 1.54) is 28.2 Å². The first-order valence-corrected chi connectivity index (χ1v) is 9.45. The Morgan fingerprint density at radius 2 is 2.08 bits per heavy atom. The van der Waals surface area contributed by atoms with Gasteiger partial charge in [-0.15, -0.1) is 5.10 Å². The second kappa shape index (κ2) is 7.85. The van der Waals surface area contributed by atoms with Gasteiger partial charge in [0.25, 0.3) is 5.91 Å². The summed E-state index contributed by atoms with van der Waals surface area (Å²) in [5.41, 5.74) is 2.67. The summed E-state index contributed by atoms with van der Waals surface area (Å²) in [6, 6.07) is 7.67. The number of rotatable bonds is 6. The molecule has 1 aromatic heterocycles. The minimum absolute atomic E-state index is 0.0169. The Morgan fingerprint density at radius 3 is 2.72 bits per heavy atom. The summed E-state index contributed by atoms with van der Waals surface area (Å²) in [6.45, 7) is 0.323. The van der Waals surface area contributed by atoms with Gasteiger partial charge in [0.2, 0.25) is 0 Å². The molecule has 25 heavy (non-hydrogen) atoms. The van der Waals surface area contributed by atoms with Crippen molar-refractivity contribution in [3.05, 3.63) is 40.1 Å². The van der Waals surface area contributed by atoms with Crippen molar-refractivity contribution in [1.82, 2.24) is 14.5 Å². The molecule has 1 aliphatic rings. The van der Waals surface area contributed by atoms with Gasteiger partial charge >= 0.3 is 5.97 Å². The van der Waals surface area contributed by atoms with Crippen LogP contribution >= 0.6 is 35.5 Å². The van der Waals surface area contributed by atoms with Crippen molar-refractivity contribution < 1.29 is 14.7 Å². The molecule has 0 spiro atoms. The maximum absolute atomic E-state index is 12.4. The van der Waals surface area contributed by atoms with Crippen LogP contribution in [0, 0.1) is 0 Å². The molecule has 1 amide bonds. The van der Waals surface area contributed by atoms with Crippen LogP contribution in [0.4, 0.5) is 0 Å². The molecule has 1 saturated heterocycles. The van der Waals surface area contributed by atoms with E-state index in [1.807, 2.05) is 29.6 Å². The summed E-state index contributed by atoms with van der Waals surface area (Å²) in [6.07, 6.45) is 2.19. The Balaban J connectivity index is 1.70. The number of carbonyl (C=O) groups is 2. The molecule has 0 unspecified atom stereocenters. The Hall–Kier alpha value is -2.10. The zero-order valence-electron chi connectivity index (χ0n) is 12.9. The first kappa shape index (κ1) is 17.7. The molecule has 0 aliphatic carbocycles. The van der Waals surface area contributed by atoms with Gasteiger partial charge < -0.3 is 5.11 Å². The molecule has 1 fully saturated rings. The molecule has 0 atom stereocenters. The van der Waals surface area contributed by atoms with Gasteiger partial charge in [0, 0.05) is 23.9 Å². The highest BCUT2D eigenvalue weighted by molar-refractivity contribution is 8.26. The first-order valence-electron chi connectivity index (χ1n) is 7.39. The van der Waals surface area contributed by atoms with Crippen molar-refractivity contribution in [3.63, 3.8) is 0 Å². The predicted molar refractivity (Wildman–Crippen MR) is 102 cm³/mol. The molecular weight excluding hydrogens is 378 g/mol. The summed E-state index contributed by atoms with van der Waals surface area (Å²) in [7, 11) is 0. The molecule has 2 heterocycles. The monoisotopic (exact) mass is 391 g/mol. The fourth-order valence-electron chi connectivity index (χ4n) is 2.27. The number of benzene rings is 1. The topological polar surface area (TPSA) is 83.4 Å². The molecule has 9 heteroatoms. The Kier molecular flexibility index (Phi) is 5.57. The lowest BCUT2D eigenvalue weighted by molar-refractivity contribution is -0.137. The van der Waals surface area contributed by atoms with Gasteiger partial charge in [-0.25, -0.2) is 0 Å². The van der Waals surface area contributed by atoms with Crippen molar-refractivity contribution in [2.24, 2.45) is 0 Å².